The standard InChI is InChI=1S/C12H13NO3S/c14-11(13-5-7-17-8-6-13)9-3-1-2-4-10(9)12(15)16/h1-4H,5-8H2,(H,15,16). The molecule has 0 aromatic heterocycles. The first kappa shape index (κ1) is 12.0. The van der Waals surface area contributed by atoms with Crippen LogP contribution >= 0.6 is 11.8 Å². The molecule has 1 aliphatic heterocycles. The number of hydrogen-bond acceptors (Lipinski definition) is 3. The molecule has 0 radical (unpaired) electrons. The van der Waals surface area contributed by atoms with Crippen LogP contribution in [0, 0.1) is 0 Å². The monoisotopic (exact) mass is 251 g/mol. The van der Waals surface area contributed by atoms with Crippen LogP contribution in [-0.2, 0) is 0 Å². The van der Waals surface area contributed by atoms with Crippen molar-refractivity contribution in [1.82, 2.24) is 4.90 Å². The molecule has 4 nitrogen and oxygen atoms in total. The van der Waals surface area contributed by atoms with Crippen molar-refractivity contribution in [3.63, 3.8) is 0 Å². The topological polar surface area (TPSA) is 57.6 Å². The van der Waals surface area contributed by atoms with Crippen LogP contribution < -0.4 is 0 Å². The molecule has 1 aromatic carbocycles. The SMILES string of the molecule is O=C(O)c1ccccc1C(=O)N1CCSCC1. The number of nitrogens with zero attached hydrogens (tertiary/aromatic N) is 1. The van der Waals surface area contributed by atoms with Gasteiger partial charge in [-0.15, -0.1) is 0 Å². The second kappa shape index (κ2) is 5.23. The Morgan fingerprint density at radius 3 is 2.29 bits per heavy atom. The lowest BCUT2D eigenvalue weighted by Gasteiger charge is -2.26. The Labute approximate surface area is 104 Å². The van der Waals surface area contributed by atoms with E-state index in [-0.39, 0.29) is 17.0 Å². The summed E-state index contributed by atoms with van der Waals surface area (Å²) in [7, 11) is 0. The van der Waals surface area contributed by atoms with Crippen LogP contribution in [0.15, 0.2) is 24.3 Å². The summed E-state index contributed by atoms with van der Waals surface area (Å²) < 4.78 is 0. The van der Waals surface area contributed by atoms with Crippen molar-refractivity contribution in [3.8, 4) is 0 Å². The van der Waals surface area contributed by atoms with Crippen molar-refractivity contribution in [2.24, 2.45) is 0 Å². The molecule has 0 atom stereocenters. The molecule has 17 heavy (non-hydrogen) atoms. The van der Waals surface area contributed by atoms with Gasteiger partial charge in [-0.1, -0.05) is 12.1 Å². The zero-order valence-electron chi connectivity index (χ0n) is 9.26. The number of carboxylic acid groups (broad SMARTS) is 1. The number of hydrogen-bond donors (Lipinski definition) is 1. The van der Waals surface area contributed by atoms with Crippen LogP contribution in [0.2, 0.25) is 0 Å². The third-order valence-electron chi connectivity index (χ3n) is 2.69. The first-order valence-electron chi connectivity index (χ1n) is 5.39. The largest absolute Gasteiger partial charge is 0.478 e. The molecular weight excluding hydrogens is 238 g/mol. The molecule has 0 aliphatic carbocycles. The molecule has 1 aliphatic rings. The molecule has 2 rings (SSSR count). The fourth-order valence-electron chi connectivity index (χ4n) is 1.79. The molecule has 1 amide bonds. The first-order chi connectivity index (χ1) is 8.20. The number of aromatic carboxylic acids is 1. The van der Waals surface area contributed by atoms with Gasteiger partial charge in [0.15, 0.2) is 0 Å². The highest BCUT2D eigenvalue weighted by atomic mass is 32.2. The Morgan fingerprint density at radius 1 is 1.12 bits per heavy atom. The number of benzene rings is 1. The highest BCUT2D eigenvalue weighted by Crippen LogP contribution is 2.16. The van der Waals surface area contributed by atoms with Crippen molar-refractivity contribution in [2.45, 2.75) is 0 Å². The maximum Gasteiger partial charge on any atom is 0.336 e. The minimum absolute atomic E-state index is 0.0794. The third-order valence-corrected chi connectivity index (χ3v) is 3.63. The maximum atomic E-state index is 12.2. The van der Waals surface area contributed by atoms with Gasteiger partial charge in [0.2, 0.25) is 0 Å². The number of thioether (sulfide) groups is 1. The molecule has 5 heteroatoms. The van der Waals surface area contributed by atoms with Gasteiger partial charge in [-0.25, -0.2) is 4.79 Å². The number of rotatable bonds is 2. The van der Waals surface area contributed by atoms with E-state index >= 15 is 0 Å². The molecular formula is C12H13NO3S. The predicted molar refractivity (Wildman–Crippen MR) is 66.6 cm³/mol. The van der Waals surface area contributed by atoms with Crippen molar-refractivity contribution in [2.75, 3.05) is 24.6 Å². The predicted octanol–water partition coefficient (Wildman–Crippen LogP) is 1.57. The van der Waals surface area contributed by atoms with E-state index in [1.54, 1.807) is 23.1 Å². The van der Waals surface area contributed by atoms with Gasteiger partial charge >= 0.3 is 5.97 Å². The summed E-state index contributed by atoms with van der Waals surface area (Å²) in [6.45, 7) is 1.38. The lowest BCUT2D eigenvalue weighted by Crippen LogP contribution is -2.38. The summed E-state index contributed by atoms with van der Waals surface area (Å²) in [5.74, 6) is 0.603. The van der Waals surface area contributed by atoms with Gasteiger partial charge in [-0.05, 0) is 12.1 Å². The molecule has 1 fully saturated rings. The normalized spacial score (nSPS) is 15.6. The molecule has 0 saturated carbocycles. The third kappa shape index (κ3) is 2.61. The lowest BCUT2D eigenvalue weighted by molar-refractivity contribution is 0.0678. The Morgan fingerprint density at radius 2 is 1.71 bits per heavy atom. The molecule has 0 unspecified atom stereocenters. The quantitative estimate of drug-likeness (QED) is 0.867. The highest BCUT2D eigenvalue weighted by Gasteiger charge is 2.22. The lowest BCUT2D eigenvalue weighted by atomic mass is 10.1. The summed E-state index contributed by atoms with van der Waals surface area (Å²) in [5.41, 5.74) is 0.364. The fourth-order valence-corrected chi connectivity index (χ4v) is 2.70. The van der Waals surface area contributed by atoms with E-state index in [4.69, 9.17) is 5.11 Å². The second-order valence-electron chi connectivity index (χ2n) is 3.76. The van der Waals surface area contributed by atoms with Crippen molar-refractivity contribution in [3.05, 3.63) is 35.4 Å². The molecule has 1 heterocycles. The van der Waals surface area contributed by atoms with Gasteiger partial charge in [0.05, 0.1) is 11.1 Å². The average Bonchev–Trinajstić information content (AvgIpc) is 2.39. The fraction of sp³-hybridized carbons (Fsp3) is 0.333. The van der Waals surface area contributed by atoms with E-state index in [0.29, 0.717) is 13.1 Å². The minimum Gasteiger partial charge on any atom is -0.478 e. The van der Waals surface area contributed by atoms with E-state index in [0.717, 1.165) is 11.5 Å². The van der Waals surface area contributed by atoms with Crippen LogP contribution in [0.4, 0.5) is 0 Å². The minimum atomic E-state index is -1.06. The van der Waals surface area contributed by atoms with Gasteiger partial charge in [-0.2, -0.15) is 11.8 Å². The molecule has 0 spiro atoms. The van der Waals surface area contributed by atoms with Crippen molar-refractivity contribution >= 4 is 23.6 Å². The van der Waals surface area contributed by atoms with E-state index in [1.807, 2.05) is 11.8 Å². The highest BCUT2D eigenvalue weighted by molar-refractivity contribution is 7.99. The van der Waals surface area contributed by atoms with E-state index in [2.05, 4.69) is 0 Å². The Kier molecular flexibility index (Phi) is 3.68. The van der Waals surface area contributed by atoms with Crippen LogP contribution in [-0.4, -0.2) is 46.5 Å². The summed E-state index contributed by atoms with van der Waals surface area (Å²) in [6.07, 6.45) is 0. The Balaban J connectivity index is 2.26. The molecule has 0 bridgehead atoms. The van der Waals surface area contributed by atoms with Crippen LogP contribution in [0.3, 0.4) is 0 Å². The molecule has 1 aromatic rings. The van der Waals surface area contributed by atoms with E-state index in [9.17, 15) is 9.59 Å². The van der Waals surface area contributed by atoms with Crippen LogP contribution in [0.1, 0.15) is 20.7 Å². The Bertz CT molecular complexity index is 441. The van der Waals surface area contributed by atoms with Gasteiger partial charge in [0.25, 0.3) is 5.91 Å². The smallest absolute Gasteiger partial charge is 0.336 e. The molecule has 1 saturated heterocycles. The van der Waals surface area contributed by atoms with Crippen molar-refractivity contribution < 1.29 is 14.7 Å². The van der Waals surface area contributed by atoms with Gasteiger partial charge in [0.1, 0.15) is 0 Å². The summed E-state index contributed by atoms with van der Waals surface area (Å²) >= 11 is 1.81. The number of amides is 1. The van der Waals surface area contributed by atoms with E-state index < -0.39 is 5.97 Å². The van der Waals surface area contributed by atoms with Gasteiger partial charge < -0.3 is 10.0 Å². The summed E-state index contributed by atoms with van der Waals surface area (Å²) in [6, 6.07) is 6.37. The maximum absolute atomic E-state index is 12.2. The van der Waals surface area contributed by atoms with E-state index in [1.165, 1.54) is 6.07 Å². The molecule has 1 N–H and O–H groups in total. The zero-order chi connectivity index (χ0) is 12.3. The molecule has 90 valence electrons. The van der Waals surface area contributed by atoms with Gasteiger partial charge in [-0.3, -0.25) is 4.79 Å². The van der Waals surface area contributed by atoms with Gasteiger partial charge in [0, 0.05) is 24.6 Å². The Hall–Kier alpha value is -1.49. The zero-order valence-corrected chi connectivity index (χ0v) is 10.1. The van der Waals surface area contributed by atoms with Crippen LogP contribution in [0.25, 0.3) is 0 Å². The number of carboxylic acids is 1. The summed E-state index contributed by atoms with van der Waals surface area (Å²) in [5, 5.41) is 9.04. The van der Waals surface area contributed by atoms with Crippen molar-refractivity contribution in [1.29, 1.82) is 0 Å². The van der Waals surface area contributed by atoms with Crippen LogP contribution in [0.5, 0.6) is 0 Å². The number of carbonyl (C=O) groups is 2. The summed E-state index contributed by atoms with van der Waals surface area (Å²) in [4.78, 5) is 24.9. The average molecular weight is 251 g/mol. The first-order valence-corrected chi connectivity index (χ1v) is 6.55. The second-order valence-corrected chi connectivity index (χ2v) is 4.98. The number of carbonyl (C=O) groups excluding carboxylic acids is 1.